The molecule has 1 rings (SSSR count). The molecule has 1 unspecified atom stereocenters. The van der Waals surface area contributed by atoms with Crippen molar-refractivity contribution >= 4 is 16.5 Å². The molecule has 1 atom stereocenters. The highest BCUT2D eigenvalue weighted by molar-refractivity contribution is 7.85. The smallest absolute Gasteiger partial charge is 0.0618 e. The van der Waals surface area contributed by atoms with E-state index in [0.717, 1.165) is 12.0 Å². The zero-order valence-corrected chi connectivity index (χ0v) is 11.8. The van der Waals surface area contributed by atoms with Crippen LogP contribution < -0.4 is 5.73 Å². The van der Waals surface area contributed by atoms with Crippen LogP contribution in [0.5, 0.6) is 0 Å². The number of hydrogen-bond donors (Lipinski definition) is 1. The lowest BCUT2D eigenvalue weighted by Gasteiger charge is -2.07. The van der Waals surface area contributed by atoms with E-state index >= 15 is 0 Å². The Kier molecular flexibility index (Phi) is 6.93. The molecule has 1 aromatic carbocycles. The molecule has 0 amide bonds. The van der Waals surface area contributed by atoms with Gasteiger partial charge in [0.25, 0.3) is 0 Å². The first-order valence-corrected chi connectivity index (χ1v) is 7.28. The molecule has 5 heteroatoms. The molecule has 4 nitrogen and oxygen atoms in total. The van der Waals surface area contributed by atoms with Crippen molar-refractivity contribution in [2.45, 2.75) is 18.2 Å². The Morgan fingerprint density at radius 2 is 2.06 bits per heavy atom. The van der Waals surface area contributed by atoms with Gasteiger partial charge < -0.3 is 15.2 Å². The Labute approximate surface area is 111 Å². The quantitative estimate of drug-likeness (QED) is 0.578. The fourth-order valence-electron chi connectivity index (χ4n) is 1.53. The van der Waals surface area contributed by atoms with Crippen LogP contribution in [0.25, 0.3) is 0 Å². The van der Waals surface area contributed by atoms with Gasteiger partial charge in [-0.1, -0.05) is 6.07 Å². The van der Waals surface area contributed by atoms with Crippen LogP contribution in [-0.2, 0) is 20.3 Å². The number of benzene rings is 1. The Balaban J connectivity index is 2.32. The second-order valence-corrected chi connectivity index (χ2v) is 5.59. The van der Waals surface area contributed by atoms with E-state index in [4.69, 9.17) is 15.2 Å². The molecule has 0 saturated heterocycles. The summed E-state index contributed by atoms with van der Waals surface area (Å²) in [5.74, 6) is 0.472. The van der Waals surface area contributed by atoms with E-state index in [0.29, 0.717) is 36.2 Å². The van der Waals surface area contributed by atoms with Crippen LogP contribution in [-0.4, -0.2) is 36.9 Å². The molecular formula is C13H21NO3S. The maximum atomic E-state index is 12.0. The average Bonchev–Trinajstić information content (AvgIpc) is 2.33. The van der Waals surface area contributed by atoms with Crippen LogP contribution in [0.1, 0.15) is 12.0 Å². The predicted molar refractivity (Wildman–Crippen MR) is 74.2 cm³/mol. The van der Waals surface area contributed by atoms with Gasteiger partial charge in [-0.3, -0.25) is 4.21 Å². The summed E-state index contributed by atoms with van der Waals surface area (Å²) in [5, 5.41) is 0. The van der Waals surface area contributed by atoms with Gasteiger partial charge in [-0.15, -0.1) is 0 Å². The lowest BCUT2D eigenvalue weighted by atomic mass is 10.2. The van der Waals surface area contributed by atoms with E-state index in [-0.39, 0.29) is 0 Å². The summed E-state index contributed by atoms with van der Waals surface area (Å²) >= 11 is 0. The van der Waals surface area contributed by atoms with Crippen molar-refractivity contribution in [1.82, 2.24) is 0 Å². The topological polar surface area (TPSA) is 61.5 Å². The third kappa shape index (κ3) is 5.16. The number of hydrogen-bond acceptors (Lipinski definition) is 4. The largest absolute Gasteiger partial charge is 0.398 e. The van der Waals surface area contributed by atoms with Gasteiger partial charge in [0.05, 0.1) is 28.1 Å². The zero-order valence-electron chi connectivity index (χ0n) is 11.0. The zero-order chi connectivity index (χ0) is 13.4. The van der Waals surface area contributed by atoms with Crippen LogP contribution in [0.2, 0.25) is 0 Å². The third-order valence-corrected chi connectivity index (χ3v) is 3.86. The van der Waals surface area contributed by atoms with Crippen molar-refractivity contribution in [1.29, 1.82) is 0 Å². The summed E-state index contributed by atoms with van der Waals surface area (Å²) < 4.78 is 22.3. The summed E-state index contributed by atoms with van der Waals surface area (Å²) in [4.78, 5) is 0.695. The second kappa shape index (κ2) is 8.24. The molecule has 102 valence electrons. The van der Waals surface area contributed by atoms with Gasteiger partial charge in [-0.05, 0) is 31.0 Å². The fraction of sp³-hybridized carbons (Fsp3) is 0.538. The molecule has 0 aliphatic carbocycles. The molecular weight excluding hydrogens is 250 g/mol. The molecule has 0 aliphatic rings. The van der Waals surface area contributed by atoms with Crippen LogP contribution in [0.4, 0.5) is 5.69 Å². The number of ether oxygens (including phenoxy) is 2. The lowest BCUT2D eigenvalue weighted by molar-refractivity contribution is 0.112. The molecule has 18 heavy (non-hydrogen) atoms. The minimum absolute atomic E-state index is 0.472. The van der Waals surface area contributed by atoms with Gasteiger partial charge in [0, 0.05) is 26.0 Å². The van der Waals surface area contributed by atoms with Crippen molar-refractivity contribution in [2.75, 3.05) is 38.4 Å². The Morgan fingerprint density at radius 1 is 1.28 bits per heavy atom. The van der Waals surface area contributed by atoms with Crippen LogP contribution >= 0.6 is 0 Å². The SMILES string of the molecule is COCCCOCCS(=O)c1ccc(C)cc1N. The van der Waals surface area contributed by atoms with Gasteiger partial charge in [0.1, 0.15) is 0 Å². The molecule has 2 N–H and O–H groups in total. The highest BCUT2D eigenvalue weighted by Crippen LogP contribution is 2.17. The van der Waals surface area contributed by atoms with Crippen molar-refractivity contribution in [3.05, 3.63) is 23.8 Å². The summed E-state index contributed by atoms with van der Waals surface area (Å²) in [6, 6.07) is 5.58. The predicted octanol–water partition coefficient (Wildman–Crippen LogP) is 1.74. The van der Waals surface area contributed by atoms with Crippen molar-refractivity contribution in [3.8, 4) is 0 Å². The van der Waals surface area contributed by atoms with Crippen molar-refractivity contribution in [2.24, 2.45) is 0 Å². The Morgan fingerprint density at radius 3 is 2.72 bits per heavy atom. The minimum atomic E-state index is -1.09. The van der Waals surface area contributed by atoms with Crippen LogP contribution in [0, 0.1) is 6.92 Å². The molecule has 0 aromatic heterocycles. The lowest BCUT2D eigenvalue weighted by Crippen LogP contribution is -2.09. The Bertz CT molecular complexity index is 396. The van der Waals surface area contributed by atoms with Gasteiger partial charge >= 0.3 is 0 Å². The van der Waals surface area contributed by atoms with E-state index in [1.165, 1.54) is 0 Å². The van der Waals surface area contributed by atoms with Crippen molar-refractivity contribution in [3.63, 3.8) is 0 Å². The molecule has 0 fully saturated rings. The highest BCUT2D eigenvalue weighted by atomic mass is 32.2. The first kappa shape index (κ1) is 15.1. The number of aryl methyl sites for hydroxylation is 1. The number of methoxy groups -OCH3 is 1. The van der Waals surface area contributed by atoms with Gasteiger partial charge in [-0.25, -0.2) is 0 Å². The molecule has 0 heterocycles. The van der Waals surface area contributed by atoms with Gasteiger partial charge in [0.2, 0.25) is 0 Å². The number of rotatable bonds is 8. The normalized spacial score (nSPS) is 12.6. The van der Waals surface area contributed by atoms with Gasteiger partial charge in [-0.2, -0.15) is 0 Å². The van der Waals surface area contributed by atoms with E-state index in [9.17, 15) is 4.21 Å². The van der Waals surface area contributed by atoms with E-state index < -0.39 is 10.8 Å². The maximum Gasteiger partial charge on any atom is 0.0618 e. The standard InChI is InChI=1S/C13H21NO3S/c1-11-4-5-13(12(14)10-11)18(15)9-8-17-7-3-6-16-2/h4-5,10H,3,6-9,14H2,1-2H3. The van der Waals surface area contributed by atoms with Crippen molar-refractivity contribution < 1.29 is 13.7 Å². The van der Waals surface area contributed by atoms with Crippen LogP contribution in [0.15, 0.2) is 23.1 Å². The fourth-order valence-corrected chi connectivity index (χ4v) is 2.56. The monoisotopic (exact) mass is 271 g/mol. The van der Waals surface area contributed by atoms with Gasteiger partial charge in [0.15, 0.2) is 0 Å². The summed E-state index contributed by atoms with van der Waals surface area (Å²) in [6.07, 6.45) is 0.857. The maximum absolute atomic E-state index is 12.0. The highest BCUT2D eigenvalue weighted by Gasteiger charge is 2.07. The summed E-state index contributed by atoms with van der Waals surface area (Å²) in [5.41, 5.74) is 7.51. The molecule has 1 aromatic rings. The summed E-state index contributed by atoms with van der Waals surface area (Å²) in [7, 11) is 0.570. The first-order valence-electron chi connectivity index (χ1n) is 5.96. The van der Waals surface area contributed by atoms with E-state index in [1.54, 1.807) is 7.11 Å². The number of anilines is 1. The molecule has 0 saturated carbocycles. The van der Waals surface area contributed by atoms with E-state index in [1.807, 2.05) is 25.1 Å². The van der Waals surface area contributed by atoms with Crippen LogP contribution in [0.3, 0.4) is 0 Å². The number of nitrogens with two attached hydrogens (primary N) is 1. The first-order chi connectivity index (χ1) is 8.65. The molecule has 0 radical (unpaired) electrons. The van der Waals surface area contributed by atoms with E-state index in [2.05, 4.69) is 0 Å². The second-order valence-electron chi connectivity index (χ2n) is 4.05. The average molecular weight is 271 g/mol. The molecule has 0 aliphatic heterocycles. The minimum Gasteiger partial charge on any atom is -0.398 e. The number of nitrogen functional groups attached to an aromatic ring is 1. The third-order valence-electron chi connectivity index (χ3n) is 2.46. The molecule has 0 spiro atoms. The molecule has 0 bridgehead atoms. The Hall–Kier alpha value is -0.910. The summed E-state index contributed by atoms with van der Waals surface area (Å²) in [6.45, 7) is 3.76.